The van der Waals surface area contributed by atoms with Gasteiger partial charge < -0.3 is 14.0 Å². The van der Waals surface area contributed by atoms with Crippen molar-refractivity contribution in [2.75, 3.05) is 14.2 Å². The van der Waals surface area contributed by atoms with Crippen molar-refractivity contribution in [2.45, 2.75) is 13.8 Å². The normalized spacial score (nSPS) is 17.0. The minimum absolute atomic E-state index is 0.130. The first kappa shape index (κ1) is 19.1. The highest BCUT2D eigenvalue weighted by Gasteiger charge is 2.31. The molecule has 8 heteroatoms. The summed E-state index contributed by atoms with van der Waals surface area (Å²) in [6.45, 7) is 3.95. The van der Waals surface area contributed by atoms with Gasteiger partial charge in [0.1, 0.15) is 17.3 Å². The van der Waals surface area contributed by atoms with Gasteiger partial charge in [0.2, 0.25) is 0 Å². The molecule has 0 saturated heterocycles. The van der Waals surface area contributed by atoms with Crippen molar-refractivity contribution in [3.05, 3.63) is 58.4 Å². The number of thioether (sulfide) groups is 1. The summed E-state index contributed by atoms with van der Waals surface area (Å²) in [6.07, 6.45) is 3.48. The summed E-state index contributed by atoms with van der Waals surface area (Å²) >= 11 is 1.33. The molecule has 0 fully saturated rings. The number of amides is 1. The molecule has 0 unspecified atom stereocenters. The Hall–Kier alpha value is -3.26. The van der Waals surface area contributed by atoms with Crippen LogP contribution in [0.25, 0.3) is 11.8 Å². The molecule has 2 aliphatic heterocycles. The smallest absolute Gasteiger partial charge is 0.283 e. The van der Waals surface area contributed by atoms with Crippen molar-refractivity contribution >= 4 is 34.7 Å². The number of ether oxygens (including phenoxy) is 2. The van der Waals surface area contributed by atoms with Crippen molar-refractivity contribution in [3.63, 3.8) is 0 Å². The average molecular weight is 408 g/mol. The summed E-state index contributed by atoms with van der Waals surface area (Å²) in [5, 5.41) is 10.7. The Kier molecular flexibility index (Phi) is 4.79. The summed E-state index contributed by atoms with van der Waals surface area (Å²) in [5.74, 6) is 1.16. The van der Waals surface area contributed by atoms with Gasteiger partial charge in [-0.3, -0.25) is 15.1 Å². The van der Waals surface area contributed by atoms with E-state index in [-0.39, 0.29) is 11.4 Å². The largest absolute Gasteiger partial charge is 0.497 e. The van der Waals surface area contributed by atoms with Gasteiger partial charge in [0.15, 0.2) is 5.17 Å². The van der Waals surface area contributed by atoms with E-state index in [9.17, 15) is 4.79 Å². The lowest BCUT2D eigenvalue weighted by molar-refractivity contribution is -0.114. The lowest BCUT2D eigenvalue weighted by atomic mass is 10.1. The fourth-order valence-electron chi connectivity index (χ4n) is 3.46. The molecule has 4 rings (SSSR count). The zero-order chi connectivity index (χ0) is 20.7. The molecule has 1 N–H and O–H groups in total. The molecule has 1 aromatic carbocycles. The van der Waals surface area contributed by atoms with Crippen LogP contribution in [0.2, 0.25) is 0 Å². The Morgan fingerprint density at radius 3 is 2.69 bits per heavy atom. The maximum atomic E-state index is 12.5. The molecular formula is C21H20N4O3S. The number of fused-ring (bicyclic) bond motifs is 1. The molecule has 0 aliphatic carbocycles. The third-order valence-corrected chi connectivity index (χ3v) is 5.67. The monoisotopic (exact) mass is 408 g/mol. The van der Waals surface area contributed by atoms with E-state index in [0.29, 0.717) is 10.9 Å². The number of benzene rings is 1. The van der Waals surface area contributed by atoms with Crippen LogP contribution >= 0.6 is 11.8 Å². The van der Waals surface area contributed by atoms with Crippen molar-refractivity contribution in [1.82, 2.24) is 9.47 Å². The van der Waals surface area contributed by atoms with Gasteiger partial charge in [0.25, 0.3) is 5.91 Å². The van der Waals surface area contributed by atoms with Crippen LogP contribution in [0, 0.1) is 19.3 Å². The minimum atomic E-state index is -0.402. The molecule has 29 heavy (non-hydrogen) atoms. The molecule has 0 saturated carbocycles. The number of aromatic nitrogens is 1. The second-order valence-corrected chi connectivity index (χ2v) is 7.45. The third kappa shape index (κ3) is 3.15. The number of carbonyl (C=O) groups excluding carboxylic acids is 1. The van der Waals surface area contributed by atoms with Crippen molar-refractivity contribution in [2.24, 2.45) is 4.99 Å². The summed E-state index contributed by atoms with van der Waals surface area (Å²) < 4.78 is 13.0. The van der Waals surface area contributed by atoms with Crippen LogP contribution in [0.3, 0.4) is 0 Å². The Bertz CT molecular complexity index is 1130. The number of carbonyl (C=O) groups is 1. The van der Waals surface area contributed by atoms with E-state index in [1.807, 2.05) is 48.1 Å². The van der Waals surface area contributed by atoms with Crippen LogP contribution in [0.15, 0.2) is 46.4 Å². The quantitative estimate of drug-likeness (QED) is 0.777. The number of nitrogens with zero attached hydrogens (tertiary/aromatic N) is 3. The second kappa shape index (κ2) is 7.29. The van der Waals surface area contributed by atoms with E-state index in [2.05, 4.69) is 4.99 Å². The van der Waals surface area contributed by atoms with Crippen LogP contribution in [-0.4, -0.2) is 40.6 Å². The van der Waals surface area contributed by atoms with Crippen LogP contribution < -0.4 is 9.47 Å². The first-order valence-corrected chi connectivity index (χ1v) is 9.80. The Labute approximate surface area is 172 Å². The van der Waals surface area contributed by atoms with Crippen LogP contribution in [0.1, 0.15) is 17.0 Å². The summed E-state index contributed by atoms with van der Waals surface area (Å²) in [7, 11) is 3.25. The summed E-state index contributed by atoms with van der Waals surface area (Å²) in [6, 6.07) is 7.60. The number of hydrogen-bond acceptors (Lipinski definition) is 5. The minimum Gasteiger partial charge on any atom is -0.497 e. The van der Waals surface area contributed by atoms with Gasteiger partial charge in [-0.15, -0.1) is 0 Å². The fourth-order valence-corrected chi connectivity index (χ4v) is 4.17. The van der Waals surface area contributed by atoms with Gasteiger partial charge in [-0.05, 0) is 49.1 Å². The number of rotatable bonds is 4. The fraction of sp³-hybridized carbons (Fsp3) is 0.190. The molecule has 0 atom stereocenters. The molecule has 2 aromatic rings. The topological polar surface area (TPSA) is 79.9 Å². The maximum Gasteiger partial charge on any atom is 0.283 e. The van der Waals surface area contributed by atoms with E-state index < -0.39 is 5.91 Å². The van der Waals surface area contributed by atoms with E-state index >= 15 is 0 Å². The Morgan fingerprint density at radius 1 is 1.17 bits per heavy atom. The molecule has 7 nitrogen and oxygen atoms in total. The SMILES string of the molecule is COc1ccc(OC)c(-n2c(C)cc(/C=C3/C(=N)N4C=CSC4=NC3=O)c2C)c1. The van der Waals surface area contributed by atoms with Crippen molar-refractivity contribution in [3.8, 4) is 17.2 Å². The summed E-state index contributed by atoms with van der Waals surface area (Å²) in [5.41, 5.74) is 3.84. The van der Waals surface area contributed by atoms with E-state index in [0.717, 1.165) is 28.4 Å². The predicted molar refractivity (Wildman–Crippen MR) is 115 cm³/mol. The Morgan fingerprint density at radius 2 is 1.97 bits per heavy atom. The molecule has 0 radical (unpaired) electrons. The van der Waals surface area contributed by atoms with Crippen LogP contribution in [0.4, 0.5) is 0 Å². The van der Waals surface area contributed by atoms with Gasteiger partial charge in [-0.2, -0.15) is 4.99 Å². The third-order valence-electron chi connectivity index (χ3n) is 4.91. The highest BCUT2D eigenvalue weighted by Crippen LogP contribution is 2.33. The average Bonchev–Trinajstić information content (AvgIpc) is 3.28. The molecule has 2 aliphatic rings. The summed E-state index contributed by atoms with van der Waals surface area (Å²) in [4.78, 5) is 18.2. The molecule has 148 valence electrons. The number of aryl methyl sites for hydroxylation is 1. The lowest BCUT2D eigenvalue weighted by Gasteiger charge is -2.22. The van der Waals surface area contributed by atoms with Crippen molar-refractivity contribution in [1.29, 1.82) is 5.41 Å². The lowest BCUT2D eigenvalue weighted by Crippen LogP contribution is -2.35. The first-order valence-electron chi connectivity index (χ1n) is 8.92. The van der Waals surface area contributed by atoms with E-state index in [1.165, 1.54) is 11.8 Å². The highest BCUT2D eigenvalue weighted by molar-refractivity contribution is 8.16. The van der Waals surface area contributed by atoms with Gasteiger partial charge in [0.05, 0.1) is 25.5 Å². The molecule has 0 spiro atoms. The highest BCUT2D eigenvalue weighted by atomic mass is 32.2. The van der Waals surface area contributed by atoms with E-state index in [4.69, 9.17) is 14.9 Å². The number of nitrogens with one attached hydrogen (secondary N) is 1. The second-order valence-electron chi connectivity index (χ2n) is 6.58. The Balaban J connectivity index is 1.82. The maximum absolute atomic E-state index is 12.5. The zero-order valence-corrected chi connectivity index (χ0v) is 17.3. The molecule has 3 heterocycles. The number of aliphatic imine (C=N–C) groups is 1. The molecule has 1 amide bonds. The zero-order valence-electron chi connectivity index (χ0n) is 16.5. The first-order chi connectivity index (χ1) is 13.9. The molecule has 0 bridgehead atoms. The number of amidine groups is 2. The van der Waals surface area contributed by atoms with Gasteiger partial charge in [-0.1, -0.05) is 11.8 Å². The van der Waals surface area contributed by atoms with Gasteiger partial charge >= 0.3 is 0 Å². The standard InChI is InChI=1S/C21H20N4O3S/c1-12-9-14(10-16-19(22)24-7-8-29-21(24)23-20(16)26)13(2)25(12)17-11-15(27-3)5-6-18(17)28-4/h5-11,22H,1-4H3/b16-10-,22-19?. The predicted octanol–water partition coefficient (Wildman–Crippen LogP) is 3.89. The van der Waals surface area contributed by atoms with E-state index in [1.54, 1.807) is 31.4 Å². The van der Waals surface area contributed by atoms with Gasteiger partial charge in [-0.25, -0.2) is 0 Å². The van der Waals surface area contributed by atoms with Gasteiger partial charge in [0, 0.05) is 23.7 Å². The van der Waals surface area contributed by atoms with Crippen molar-refractivity contribution < 1.29 is 14.3 Å². The van der Waals surface area contributed by atoms with Crippen LogP contribution in [-0.2, 0) is 4.79 Å². The molecule has 1 aromatic heterocycles. The molecular weight excluding hydrogens is 388 g/mol. The number of hydrogen-bond donors (Lipinski definition) is 1. The van der Waals surface area contributed by atoms with Crippen LogP contribution in [0.5, 0.6) is 11.5 Å². The number of methoxy groups -OCH3 is 2.